The van der Waals surface area contributed by atoms with Crippen molar-refractivity contribution in [2.45, 2.75) is 32.4 Å². The maximum atomic E-state index is 11.5. The van der Waals surface area contributed by atoms with E-state index in [4.69, 9.17) is 9.68 Å². The highest BCUT2D eigenvalue weighted by Crippen LogP contribution is 2.30. The Morgan fingerprint density at radius 2 is 2.21 bits per heavy atom. The molecule has 3 rings (SSSR count). The Kier molecular flexibility index (Phi) is 4.68. The fraction of sp³-hybridized carbons (Fsp3) is 0.368. The van der Waals surface area contributed by atoms with Crippen molar-refractivity contribution < 1.29 is 9.21 Å². The Bertz CT molecular complexity index is 775. The second-order valence-corrected chi connectivity index (χ2v) is 6.37. The van der Waals surface area contributed by atoms with Gasteiger partial charge in [-0.1, -0.05) is 12.1 Å². The van der Waals surface area contributed by atoms with E-state index >= 15 is 0 Å². The van der Waals surface area contributed by atoms with Crippen LogP contribution in [0.2, 0.25) is 0 Å². The van der Waals surface area contributed by atoms with Gasteiger partial charge in [0.1, 0.15) is 11.5 Å². The fourth-order valence-corrected chi connectivity index (χ4v) is 3.36. The third kappa shape index (κ3) is 3.66. The first-order chi connectivity index (χ1) is 11.5. The number of hydrogen-bond donors (Lipinski definition) is 1. The maximum Gasteiger partial charge on any atom is 0.217 e. The summed E-state index contributed by atoms with van der Waals surface area (Å²) in [7, 11) is 0. The standard InChI is InChI=1S/C19H21N3O2/c1-13-6-7-19(24-13)17-11-22(12-18(17)21-14(2)23)10-16-5-3-4-15(8-16)9-20/h3-8,17-18H,10-12H2,1-2H3,(H,21,23)/t17-,18-/m1/s1. The van der Waals surface area contributed by atoms with Crippen LogP contribution < -0.4 is 5.32 Å². The predicted octanol–water partition coefficient (Wildman–Crippen LogP) is 2.56. The molecule has 0 aliphatic carbocycles. The second-order valence-electron chi connectivity index (χ2n) is 6.37. The van der Waals surface area contributed by atoms with Crippen LogP contribution in [-0.4, -0.2) is 29.9 Å². The zero-order valence-electron chi connectivity index (χ0n) is 14.0. The Morgan fingerprint density at radius 3 is 2.88 bits per heavy atom. The van der Waals surface area contributed by atoms with Crippen molar-refractivity contribution in [3.63, 3.8) is 0 Å². The van der Waals surface area contributed by atoms with E-state index in [2.05, 4.69) is 16.3 Å². The van der Waals surface area contributed by atoms with Crippen LogP contribution in [0.5, 0.6) is 0 Å². The van der Waals surface area contributed by atoms with Crippen LogP contribution in [0.15, 0.2) is 40.8 Å². The number of nitriles is 1. The van der Waals surface area contributed by atoms with Crippen molar-refractivity contribution in [2.24, 2.45) is 0 Å². The van der Waals surface area contributed by atoms with Crippen molar-refractivity contribution in [2.75, 3.05) is 13.1 Å². The normalized spacial score (nSPS) is 20.7. The van der Waals surface area contributed by atoms with Gasteiger partial charge in [0.2, 0.25) is 5.91 Å². The topological polar surface area (TPSA) is 69.3 Å². The smallest absolute Gasteiger partial charge is 0.217 e. The highest BCUT2D eigenvalue weighted by Gasteiger charge is 2.36. The zero-order valence-corrected chi connectivity index (χ0v) is 14.0. The number of nitrogens with zero attached hydrogens (tertiary/aromatic N) is 2. The number of aryl methyl sites for hydroxylation is 1. The minimum Gasteiger partial charge on any atom is -0.466 e. The van der Waals surface area contributed by atoms with Crippen LogP contribution in [0.4, 0.5) is 0 Å². The molecule has 0 saturated carbocycles. The predicted molar refractivity (Wildman–Crippen MR) is 90.2 cm³/mol. The quantitative estimate of drug-likeness (QED) is 0.939. The molecule has 1 aliphatic rings. The number of carbonyl (C=O) groups is 1. The highest BCUT2D eigenvalue weighted by atomic mass is 16.3. The molecule has 0 radical (unpaired) electrons. The van der Waals surface area contributed by atoms with Gasteiger partial charge >= 0.3 is 0 Å². The molecule has 0 bridgehead atoms. The summed E-state index contributed by atoms with van der Waals surface area (Å²) in [4.78, 5) is 13.8. The number of likely N-dealkylation sites (tertiary alicyclic amines) is 1. The number of carbonyl (C=O) groups excluding carboxylic acids is 1. The Morgan fingerprint density at radius 1 is 1.38 bits per heavy atom. The summed E-state index contributed by atoms with van der Waals surface area (Å²) in [5.41, 5.74) is 1.77. The van der Waals surface area contributed by atoms with Crippen molar-refractivity contribution >= 4 is 5.91 Å². The molecule has 5 heteroatoms. The van der Waals surface area contributed by atoms with E-state index in [1.165, 1.54) is 0 Å². The summed E-state index contributed by atoms with van der Waals surface area (Å²) in [6.45, 7) is 5.80. The lowest BCUT2D eigenvalue weighted by Crippen LogP contribution is -2.38. The molecule has 1 aromatic carbocycles. The van der Waals surface area contributed by atoms with Crippen LogP contribution in [0.3, 0.4) is 0 Å². The molecule has 2 aromatic rings. The van der Waals surface area contributed by atoms with E-state index in [1.54, 1.807) is 6.92 Å². The number of amides is 1. The molecule has 2 atom stereocenters. The fourth-order valence-electron chi connectivity index (χ4n) is 3.36. The summed E-state index contributed by atoms with van der Waals surface area (Å²) >= 11 is 0. The first-order valence-corrected chi connectivity index (χ1v) is 8.10. The molecule has 2 heterocycles. The SMILES string of the molecule is CC(=O)N[C@@H]1CN(Cc2cccc(C#N)c2)C[C@H]1c1ccc(C)o1. The Labute approximate surface area is 141 Å². The largest absolute Gasteiger partial charge is 0.466 e. The molecule has 24 heavy (non-hydrogen) atoms. The molecule has 1 aliphatic heterocycles. The first-order valence-electron chi connectivity index (χ1n) is 8.10. The van der Waals surface area contributed by atoms with Crippen LogP contribution in [0.25, 0.3) is 0 Å². The van der Waals surface area contributed by atoms with Gasteiger partial charge in [-0.05, 0) is 36.8 Å². The van der Waals surface area contributed by atoms with Crippen molar-refractivity contribution in [1.82, 2.24) is 10.2 Å². The van der Waals surface area contributed by atoms with Crippen LogP contribution in [0.1, 0.15) is 35.5 Å². The lowest BCUT2D eigenvalue weighted by atomic mass is 10.0. The van der Waals surface area contributed by atoms with Gasteiger partial charge in [0.05, 0.1) is 23.6 Å². The maximum absolute atomic E-state index is 11.5. The summed E-state index contributed by atoms with van der Waals surface area (Å²) in [5, 5.41) is 12.1. The van der Waals surface area contributed by atoms with Gasteiger partial charge in [0.15, 0.2) is 0 Å². The third-order valence-corrected chi connectivity index (χ3v) is 4.37. The molecule has 1 saturated heterocycles. The van der Waals surface area contributed by atoms with E-state index in [1.807, 2.05) is 43.3 Å². The molecule has 124 valence electrons. The van der Waals surface area contributed by atoms with Crippen LogP contribution >= 0.6 is 0 Å². The summed E-state index contributed by atoms with van der Waals surface area (Å²) in [6, 6.07) is 13.8. The number of nitrogens with one attached hydrogen (secondary N) is 1. The molecule has 1 amide bonds. The number of hydrogen-bond acceptors (Lipinski definition) is 4. The molecule has 0 spiro atoms. The van der Waals surface area contributed by atoms with Gasteiger partial charge in [-0.2, -0.15) is 5.26 Å². The minimum atomic E-state index is -0.0263. The van der Waals surface area contributed by atoms with Gasteiger partial charge in [-0.25, -0.2) is 0 Å². The second kappa shape index (κ2) is 6.90. The van der Waals surface area contributed by atoms with Gasteiger partial charge in [0.25, 0.3) is 0 Å². The monoisotopic (exact) mass is 323 g/mol. The lowest BCUT2D eigenvalue weighted by Gasteiger charge is -2.17. The van der Waals surface area contributed by atoms with E-state index in [0.717, 1.165) is 36.7 Å². The van der Waals surface area contributed by atoms with E-state index in [-0.39, 0.29) is 17.9 Å². The Balaban J connectivity index is 1.76. The summed E-state index contributed by atoms with van der Waals surface area (Å²) in [6.07, 6.45) is 0. The Hall–Kier alpha value is -2.58. The molecule has 1 aromatic heterocycles. The molecular weight excluding hydrogens is 302 g/mol. The lowest BCUT2D eigenvalue weighted by molar-refractivity contribution is -0.119. The molecule has 0 unspecified atom stereocenters. The van der Waals surface area contributed by atoms with Gasteiger partial charge in [-0.3, -0.25) is 9.69 Å². The zero-order chi connectivity index (χ0) is 17.1. The number of rotatable bonds is 4. The van der Waals surface area contributed by atoms with Gasteiger partial charge in [0, 0.05) is 26.6 Å². The molecule has 5 nitrogen and oxygen atoms in total. The van der Waals surface area contributed by atoms with Crippen molar-refractivity contribution in [3.05, 3.63) is 59.0 Å². The average Bonchev–Trinajstić information content (AvgIpc) is 3.13. The number of benzene rings is 1. The van der Waals surface area contributed by atoms with E-state index < -0.39 is 0 Å². The molecule has 1 fully saturated rings. The van der Waals surface area contributed by atoms with Crippen LogP contribution in [-0.2, 0) is 11.3 Å². The van der Waals surface area contributed by atoms with Gasteiger partial charge in [-0.15, -0.1) is 0 Å². The summed E-state index contributed by atoms with van der Waals surface area (Å²) in [5.74, 6) is 1.91. The van der Waals surface area contributed by atoms with E-state index in [9.17, 15) is 4.79 Å². The van der Waals surface area contributed by atoms with Crippen molar-refractivity contribution in [1.29, 1.82) is 5.26 Å². The van der Waals surface area contributed by atoms with Crippen LogP contribution in [0, 0.1) is 18.3 Å². The summed E-state index contributed by atoms with van der Waals surface area (Å²) < 4.78 is 5.79. The van der Waals surface area contributed by atoms with Crippen molar-refractivity contribution in [3.8, 4) is 6.07 Å². The molecular formula is C19H21N3O2. The average molecular weight is 323 g/mol. The van der Waals surface area contributed by atoms with E-state index in [0.29, 0.717) is 5.56 Å². The first kappa shape index (κ1) is 16.3. The third-order valence-electron chi connectivity index (χ3n) is 4.37. The highest BCUT2D eigenvalue weighted by molar-refractivity contribution is 5.73. The van der Waals surface area contributed by atoms with Gasteiger partial charge < -0.3 is 9.73 Å². The minimum absolute atomic E-state index is 0.0263. The number of furan rings is 1. The molecule has 1 N–H and O–H groups in total.